The van der Waals surface area contributed by atoms with Crippen LogP contribution < -0.4 is 21.3 Å². The molecule has 0 aromatic carbocycles. The number of carbonyl (C=O) groups is 1. The van der Waals surface area contributed by atoms with Gasteiger partial charge in [0.25, 0.3) is 11.8 Å². The summed E-state index contributed by atoms with van der Waals surface area (Å²) in [7, 11) is 0. The second kappa shape index (κ2) is 7.63. The Balaban J connectivity index is 1.09. The zero-order chi connectivity index (χ0) is 23.6. The lowest BCUT2D eigenvalue weighted by atomic mass is 10.0. The summed E-state index contributed by atoms with van der Waals surface area (Å²) in [6, 6.07) is 3.79. The van der Waals surface area contributed by atoms with Gasteiger partial charge in [-0.15, -0.1) is 0 Å². The predicted octanol–water partition coefficient (Wildman–Crippen LogP) is 1.93. The van der Waals surface area contributed by atoms with Gasteiger partial charge in [0.2, 0.25) is 0 Å². The maximum atomic E-state index is 13.5. The highest BCUT2D eigenvalue weighted by Crippen LogP contribution is 2.59. The number of fused-ring (bicyclic) bond motifs is 1. The monoisotopic (exact) mass is 467 g/mol. The van der Waals surface area contributed by atoms with Gasteiger partial charge >= 0.3 is 0 Å². The number of anilines is 1. The van der Waals surface area contributed by atoms with E-state index in [9.17, 15) is 13.6 Å². The van der Waals surface area contributed by atoms with Gasteiger partial charge in [0.05, 0.1) is 42.3 Å². The molecule has 8 nitrogen and oxygen atoms in total. The number of nitrogens with one attached hydrogen (secondary N) is 2. The van der Waals surface area contributed by atoms with Crippen molar-refractivity contribution in [1.82, 2.24) is 25.4 Å². The van der Waals surface area contributed by atoms with E-state index in [4.69, 9.17) is 5.73 Å². The molecular formula is C24H27F2N7O. The number of hydrogen-bond donors (Lipinski definition) is 3. The molecule has 6 rings (SSSR count). The first-order valence-electron chi connectivity index (χ1n) is 11.6. The van der Waals surface area contributed by atoms with Crippen molar-refractivity contribution in [2.45, 2.75) is 44.4 Å². The van der Waals surface area contributed by atoms with Crippen LogP contribution >= 0.6 is 0 Å². The fourth-order valence-corrected chi connectivity index (χ4v) is 5.47. The molecule has 0 bridgehead atoms. The van der Waals surface area contributed by atoms with E-state index in [1.807, 2.05) is 36.2 Å². The molecule has 2 aromatic rings. The Morgan fingerprint density at radius 1 is 1.32 bits per heavy atom. The molecule has 2 fully saturated rings. The van der Waals surface area contributed by atoms with Crippen LogP contribution in [0.15, 0.2) is 47.9 Å². The molecular weight excluding hydrogens is 440 g/mol. The Morgan fingerprint density at radius 2 is 2.12 bits per heavy atom. The van der Waals surface area contributed by atoms with Crippen LogP contribution in [0.25, 0.3) is 0 Å². The molecule has 34 heavy (non-hydrogen) atoms. The van der Waals surface area contributed by atoms with E-state index in [0.717, 1.165) is 41.1 Å². The molecule has 0 spiro atoms. The quantitative estimate of drug-likeness (QED) is 0.621. The molecule has 178 valence electrons. The van der Waals surface area contributed by atoms with Gasteiger partial charge in [-0.3, -0.25) is 9.48 Å². The number of hydrogen-bond acceptors (Lipinski definition) is 6. The Kier molecular flexibility index (Phi) is 4.77. The van der Waals surface area contributed by atoms with E-state index in [2.05, 4.69) is 20.7 Å². The van der Waals surface area contributed by atoms with Crippen LogP contribution in [-0.2, 0) is 6.54 Å². The molecule has 4 aliphatic rings. The maximum Gasteiger partial charge on any atom is 0.258 e. The van der Waals surface area contributed by atoms with Crippen molar-refractivity contribution < 1.29 is 13.6 Å². The van der Waals surface area contributed by atoms with Crippen LogP contribution in [-0.4, -0.2) is 51.9 Å². The summed E-state index contributed by atoms with van der Waals surface area (Å²) in [5.74, 6) is -2.99. The standard InChI is InChI=1S/C24H27F2N7O/c1-13-14(2-5-21(30-13)32-11-18-19(12-32)24(18,25)26)9-33-10-15(8-29-33)23(34)31-20-4-3-17-16(20)6-7-28-22(17)27/h2,5-8,10,18-20,22,28H,3-4,9,11-12,27H2,1H3,(H,31,34)/t18?,19?,20-,22?/m1/s1. The predicted molar refractivity (Wildman–Crippen MR) is 122 cm³/mol. The molecule has 4 atom stereocenters. The summed E-state index contributed by atoms with van der Waals surface area (Å²) in [4.78, 5) is 19.4. The first-order valence-corrected chi connectivity index (χ1v) is 11.6. The van der Waals surface area contributed by atoms with Crippen LogP contribution in [0.2, 0.25) is 0 Å². The normalized spacial score (nSPS) is 28.5. The van der Waals surface area contributed by atoms with E-state index in [1.165, 1.54) is 0 Å². The van der Waals surface area contributed by atoms with E-state index in [-0.39, 0.29) is 18.1 Å². The van der Waals surface area contributed by atoms with E-state index >= 15 is 0 Å². The lowest BCUT2D eigenvalue weighted by Gasteiger charge is -2.21. The van der Waals surface area contributed by atoms with Gasteiger partial charge < -0.3 is 21.3 Å². The highest BCUT2D eigenvalue weighted by Gasteiger charge is 2.71. The van der Waals surface area contributed by atoms with Gasteiger partial charge in [-0.1, -0.05) is 6.07 Å². The van der Waals surface area contributed by atoms with Crippen LogP contribution in [0.3, 0.4) is 0 Å². The average Bonchev–Trinajstić information content (AvgIpc) is 3.37. The largest absolute Gasteiger partial charge is 0.372 e. The van der Waals surface area contributed by atoms with Crippen molar-refractivity contribution in [1.29, 1.82) is 0 Å². The molecule has 4 heterocycles. The molecule has 2 aliphatic heterocycles. The average molecular weight is 468 g/mol. The number of pyridine rings is 1. The number of aryl methyl sites for hydroxylation is 1. The van der Waals surface area contributed by atoms with Gasteiger partial charge in [0.15, 0.2) is 0 Å². The molecule has 3 unspecified atom stereocenters. The number of halogens is 2. The molecule has 0 radical (unpaired) electrons. The van der Waals surface area contributed by atoms with Crippen molar-refractivity contribution >= 4 is 11.7 Å². The summed E-state index contributed by atoms with van der Waals surface area (Å²) in [6.45, 7) is 3.10. The minimum absolute atomic E-state index is 0.0502. The van der Waals surface area contributed by atoms with Gasteiger partial charge in [0.1, 0.15) is 5.82 Å². The van der Waals surface area contributed by atoms with Gasteiger partial charge in [-0.2, -0.15) is 5.10 Å². The maximum absolute atomic E-state index is 13.5. The number of carbonyl (C=O) groups excluding carboxylic acids is 1. The third kappa shape index (κ3) is 3.48. The number of rotatable bonds is 5. The third-order valence-electron chi connectivity index (χ3n) is 7.60. The molecule has 2 aliphatic carbocycles. The highest BCUT2D eigenvalue weighted by atomic mass is 19.3. The number of aromatic nitrogens is 3. The fourth-order valence-electron chi connectivity index (χ4n) is 5.47. The Labute approximate surface area is 195 Å². The highest BCUT2D eigenvalue weighted by molar-refractivity contribution is 5.94. The number of amides is 1. The summed E-state index contributed by atoms with van der Waals surface area (Å²) >= 11 is 0. The lowest BCUT2D eigenvalue weighted by molar-refractivity contribution is 0.0796. The Hall–Kier alpha value is -3.27. The van der Waals surface area contributed by atoms with E-state index in [0.29, 0.717) is 25.2 Å². The van der Waals surface area contributed by atoms with Crippen LogP contribution in [0, 0.1) is 18.8 Å². The smallest absolute Gasteiger partial charge is 0.258 e. The summed E-state index contributed by atoms with van der Waals surface area (Å²) < 4.78 is 28.7. The summed E-state index contributed by atoms with van der Waals surface area (Å²) in [6.07, 6.45) is 8.61. The number of dihydropyridines is 1. The molecule has 2 aromatic heterocycles. The number of piperidine rings is 1. The topological polar surface area (TPSA) is 101 Å². The zero-order valence-corrected chi connectivity index (χ0v) is 18.8. The molecule has 1 amide bonds. The molecule has 4 N–H and O–H groups in total. The van der Waals surface area contributed by atoms with Gasteiger partial charge in [0, 0.05) is 25.0 Å². The molecule has 10 heteroatoms. The Morgan fingerprint density at radius 3 is 2.88 bits per heavy atom. The minimum Gasteiger partial charge on any atom is -0.372 e. The van der Waals surface area contributed by atoms with E-state index < -0.39 is 17.8 Å². The third-order valence-corrected chi connectivity index (χ3v) is 7.60. The number of nitrogens with two attached hydrogens (primary N) is 1. The van der Waals surface area contributed by atoms with Crippen molar-refractivity contribution in [2.24, 2.45) is 17.6 Å². The van der Waals surface area contributed by atoms with Crippen molar-refractivity contribution in [2.75, 3.05) is 18.0 Å². The van der Waals surface area contributed by atoms with Crippen LogP contribution in [0.5, 0.6) is 0 Å². The first kappa shape index (κ1) is 21.3. The summed E-state index contributed by atoms with van der Waals surface area (Å²) in [5.41, 5.74) is 10.6. The van der Waals surface area contributed by atoms with Crippen molar-refractivity contribution in [3.05, 3.63) is 64.8 Å². The second-order valence-electron chi connectivity index (χ2n) is 9.66. The van der Waals surface area contributed by atoms with Crippen molar-refractivity contribution in [3.63, 3.8) is 0 Å². The lowest BCUT2D eigenvalue weighted by Crippen LogP contribution is -2.39. The Bertz CT molecular complexity index is 1210. The molecule has 1 saturated heterocycles. The minimum atomic E-state index is -2.50. The van der Waals surface area contributed by atoms with Gasteiger partial charge in [-0.05, 0) is 54.8 Å². The molecule has 1 saturated carbocycles. The second-order valence-corrected chi connectivity index (χ2v) is 9.66. The van der Waals surface area contributed by atoms with Crippen molar-refractivity contribution in [3.8, 4) is 0 Å². The number of nitrogens with zero attached hydrogens (tertiary/aromatic N) is 4. The zero-order valence-electron chi connectivity index (χ0n) is 18.8. The van der Waals surface area contributed by atoms with Crippen LogP contribution in [0.4, 0.5) is 14.6 Å². The summed E-state index contributed by atoms with van der Waals surface area (Å²) in [5, 5.41) is 10.5. The van der Waals surface area contributed by atoms with Gasteiger partial charge in [-0.25, -0.2) is 13.8 Å². The van der Waals surface area contributed by atoms with E-state index in [1.54, 1.807) is 17.1 Å². The SMILES string of the molecule is Cc1nc(N2CC3C(C2)C3(F)F)ccc1Cn1cc(C(=O)N[C@@H]2CCC3=C2C=CNC3N)cn1. The number of alkyl halides is 2. The first-order chi connectivity index (χ1) is 16.3. The fraction of sp³-hybridized carbons (Fsp3) is 0.458. The van der Waals surface area contributed by atoms with Crippen LogP contribution in [0.1, 0.15) is 34.5 Å².